The molecular weight excluding hydrogens is 278 g/mol. The minimum Gasteiger partial charge on any atom is -0.369 e. The van der Waals surface area contributed by atoms with Crippen molar-refractivity contribution in [1.82, 2.24) is 19.7 Å². The SMILES string of the molecule is Cc1nn(C)c2ncnc(NC[C@@H]3CCS(=O)(=O)C3)c12. The number of nitrogens with zero attached hydrogens (tertiary/aromatic N) is 4. The first-order valence-corrected chi connectivity index (χ1v) is 8.37. The summed E-state index contributed by atoms with van der Waals surface area (Å²) < 4.78 is 24.6. The van der Waals surface area contributed by atoms with Crippen LogP contribution in [0, 0.1) is 12.8 Å². The lowest BCUT2D eigenvalue weighted by atomic mass is 10.1. The van der Waals surface area contributed by atoms with Gasteiger partial charge >= 0.3 is 0 Å². The standard InChI is InChI=1S/C12H17N5O2S/c1-8-10-11(14-7-15-12(10)17(2)16-8)13-5-9-3-4-20(18,19)6-9/h7,9H,3-6H2,1-2H3,(H,13,14,15)/t9-/m0/s1. The third-order valence-corrected chi connectivity index (χ3v) is 5.52. The summed E-state index contributed by atoms with van der Waals surface area (Å²) in [5.41, 5.74) is 1.64. The van der Waals surface area contributed by atoms with Crippen molar-refractivity contribution in [2.24, 2.45) is 13.0 Å². The van der Waals surface area contributed by atoms with Gasteiger partial charge in [0.15, 0.2) is 15.5 Å². The van der Waals surface area contributed by atoms with Crippen LogP contribution < -0.4 is 5.32 Å². The molecule has 1 N–H and O–H groups in total. The first-order valence-electron chi connectivity index (χ1n) is 6.55. The first-order chi connectivity index (χ1) is 9.46. The molecular formula is C12H17N5O2S. The van der Waals surface area contributed by atoms with Crippen LogP contribution in [-0.4, -0.2) is 46.2 Å². The van der Waals surface area contributed by atoms with Crippen molar-refractivity contribution in [2.45, 2.75) is 13.3 Å². The molecule has 1 fully saturated rings. The lowest BCUT2D eigenvalue weighted by molar-refractivity contribution is 0.596. The smallest absolute Gasteiger partial charge is 0.163 e. The number of aryl methyl sites for hydroxylation is 2. The second kappa shape index (κ2) is 4.69. The molecule has 2 aromatic heterocycles. The topological polar surface area (TPSA) is 89.8 Å². The molecule has 0 bridgehead atoms. The van der Waals surface area contributed by atoms with E-state index in [4.69, 9.17) is 0 Å². The Morgan fingerprint density at radius 2 is 2.25 bits per heavy atom. The molecule has 0 aromatic carbocycles. The summed E-state index contributed by atoms with van der Waals surface area (Å²) >= 11 is 0. The van der Waals surface area contributed by atoms with Crippen LogP contribution >= 0.6 is 0 Å². The Morgan fingerprint density at radius 1 is 1.45 bits per heavy atom. The number of hydrogen-bond donors (Lipinski definition) is 1. The maximum Gasteiger partial charge on any atom is 0.163 e. The van der Waals surface area contributed by atoms with Gasteiger partial charge in [-0.25, -0.2) is 18.4 Å². The zero-order chi connectivity index (χ0) is 14.3. The van der Waals surface area contributed by atoms with E-state index in [2.05, 4.69) is 20.4 Å². The van der Waals surface area contributed by atoms with Gasteiger partial charge in [0.1, 0.15) is 12.1 Å². The molecule has 20 heavy (non-hydrogen) atoms. The van der Waals surface area contributed by atoms with Crippen LogP contribution in [0.2, 0.25) is 0 Å². The van der Waals surface area contributed by atoms with Crippen LogP contribution in [0.15, 0.2) is 6.33 Å². The average Bonchev–Trinajstić information content (AvgIpc) is 2.88. The van der Waals surface area contributed by atoms with E-state index in [-0.39, 0.29) is 11.7 Å². The van der Waals surface area contributed by atoms with Gasteiger partial charge < -0.3 is 5.32 Å². The van der Waals surface area contributed by atoms with Crippen molar-refractivity contribution in [3.05, 3.63) is 12.0 Å². The predicted octanol–water partition coefficient (Wildman–Crippen LogP) is 0.518. The summed E-state index contributed by atoms with van der Waals surface area (Å²) in [4.78, 5) is 8.47. The molecule has 3 heterocycles. The van der Waals surface area contributed by atoms with E-state index in [1.54, 1.807) is 4.68 Å². The molecule has 108 valence electrons. The van der Waals surface area contributed by atoms with Gasteiger partial charge in [0, 0.05) is 13.6 Å². The summed E-state index contributed by atoms with van der Waals surface area (Å²) in [5.74, 6) is 1.44. The number of hydrogen-bond acceptors (Lipinski definition) is 6. The third kappa shape index (κ3) is 2.35. The molecule has 1 aliphatic rings. The van der Waals surface area contributed by atoms with E-state index in [9.17, 15) is 8.42 Å². The van der Waals surface area contributed by atoms with Crippen LogP contribution in [0.5, 0.6) is 0 Å². The fourth-order valence-corrected chi connectivity index (χ4v) is 4.55. The zero-order valence-corrected chi connectivity index (χ0v) is 12.3. The largest absolute Gasteiger partial charge is 0.369 e. The highest BCUT2D eigenvalue weighted by Gasteiger charge is 2.27. The third-order valence-electron chi connectivity index (χ3n) is 3.68. The Bertz CT molecular complexity index is 753. The van der Waals surface area contributed by atoms with Gasteiger partial charge in [-0.3, -0.25) is 4.68 Å². The van der Waals surface area contributed by atoms with E-state index in [1.165, 1.54) is 6.33 Å². The van der Waals surface area contributed by atoms with Crippen molar-refractivity contribution in [2.75, 3.05) is 23.4 Å². The van der Waals surface area contributed by atoms with E-state index < -0.39 is 9.84 Å². The fraction of sp³-hybridized carbons (Fsp3) is 0.583. The number of anilines is 1. The summed E-state index contributed by atoms with van der Waals surface area (Å²) in [6.45, 7) is 2.52. The summed E-state index contributed by atoms with van der Waals surface area (Å²) in [5, 5.41) is 8.48. The molecule has 0 spiro atoms. The minimum absolute atomic E-state index is 0.155. The first kappa shape index (κ1) is 13.3. The number of aromatic nitrogens is 4. The van der Waals surface area contributed by atoms with Crippen LogP contribution in [0.4, 0.5) is 5.82 Å². The van der Waals surface area contributed by atoms with E-state index >= 15 is 0 Å². The summed E-state index contributed by atoms with van der Waals surface area (Å²) in [7, 11) is -0.993. The highest BCUT2D eigenvalue weighted by atomic mass is 32.2. The predicted molar refractivity (Wildman–Crippen MR) is 76.3 cm³/mol. The molecule has 3 rings (SSSR count). The summed E-state index contributed by atoms with van der Waals surface area (Å²) in [6.07, 6.45) is 2.22. The van der Waals surface area contributed by atoms with Crippen molar-refractivity contribution in [1.29, 1.82) is 0 Å². The molecule has 8 heteroatoms. The van der Waals surface area contributed by atoms with E-state index in [0.29, 0.717) is 12.3 Å². The van der Waals surface area contributed by atoms with Gasteiger partial charge in [-0.1, -0.05) is 0 Å². The molecule has 7 nitrogen and oxygen atoms in total. The van der Waals surface area contributed by atoms with Crippen molar-refractivity contribution >= 4 is 26.7 Å². The van der Waals surface area contributed by atoms with Crippen molar-refractivity contribution in [3.63, 3.8) is 0 Å². The van der Waals surface area contributed by atoms with Gasteiger partial charge in [-0.15, -0.1) is 0 Å². The number of nitrogens with one attached hydrogen (secondary N) is 1. The maximum absolute atomic E-state index is 11.5. The van der Waals surface area contributed by atoms with E-state index in [1.807, 2.05) is 14.0 Å². The molecule has 2 aromatic rings. The van der Waals surface area contributed by atoms with Crippen LogP contribution in [0.1, 0.15) is 12.1 Å². The monoisotopic (exact) mass is 295 g/mol. The van der Waals surface area contributed by atoms with E-state index in [0.717, 1.165) is 29.0 Å². The molecule has 1 saturated heterocycles. The van der Waals surface area contributed by atoms with Crippen LogP contribution in [-0.2, 0) is 16.9 Å². The van der Waals surface area contributed by atoms with Crippen LogP contribution in [0.25, 0.3) is 11.0 Å². The van der Waals surface area contributed by atoms with Gasteiger partial charge in [-0.05, 0) is 19.3 Å². The Kier molecular flexibility index (Phi) is 3.12. The normalized spacial score (nSPS) is 21.4. The molecule has 0 saturated carbocycles. The highest BCUT2D eigenvalue weighted by molar-refractivity contribution is 7.91. The maximum atomic E-state index is 11.5. The molecule has 0 radical (unpaired) electrons. The Hall–Kier alpha value is -1.70. The second-order valence-electron chi connectivity index (χ2n) is 5.28. The van der Waals surface area contributed by atoms with Gasteiger partial charge in [0.05, 0.1) is 22.6 Å². The Morgan fingerprint density at radius 3 is 2.95 bits per heavy atom. The van der Waals surface area contributed by atoms with Crippen LogP contribution in [0.3, 0.4) is 0 Å². The zero-order valence-electron chi connectivity index (χ0n) is 11.5. The Balaban J connectivity index is 1.82. The number of fused-ring (bicyclic) bond motifs is 1. The summed E-state index contributed by atoms with van der Waals surface area (Å²) in [6, 6.07) is 0. The molecule has 1 aliphatic heterocycles. The van der Waals surface area contributed by atoms with Crippen molar-refractivity contribution < 1.29 is 8.42 Å². The second-order valence-corrected chi connectivity index (χ2v) is 7.51. The fourth-order valence-electron chi connectivity index (χ4n) is 2.69. The Labute approximate surface area is 117 Å². The minimum atomic E-state index is -2.84. The highest BCUT2D eigenvalue weighted by Crippen LogP contribution is 2.24. The molecule has 0 unspecified atom stereocenters. The van der Waals surface area contributed by atoms with Crippen molar-refractivity contribution in [3.8, 4) is 0 Å². The van der Waals surface area contributed by atoms with Gasteiger partial charge in [0.25, 0.3) is 0 Å². The lowest BCUT2D eigenvalue weighted by Crippen LogP contribution is -2.16. The molecule has 0 amide bonds. The number of rotatable bonds is 3. The van der Waals surface area contributed by atoms with Gasteiger partial charge in [-0.2, -0.15) is 5.10 Å². The quantitative estimate of drug-likeness (QED) is 0.888. The van der Waals surface area contributed by atoms with Gasteiger partial charge in [0.2, 0.25) is 0 Å². The molecule has 0 aliphatic carbocycles. The molecule has 1 atom stereocenters. The number of sulfone groups is 1. The lowest BCUT2D eigenvalue weighted by Gasteiger charge is -2.10. The average molecular weight is 295 g/mol.